The van der Waals surface area contributed by atoms with Crippen LogP contribution in [0.1, 0.15) is 35.0 Å². The second-order valence-corrected chi connectivity index (χ2v) is 8.94. The molecule has 4 rings (SSSR count). The van der Waals surface area contributed by atoms with Gasteiger partial charge in [0.05, 0.1) is 11.8 Å². The minimum absolute atomic E-state index is 0.0320. The topological polar surface area (TPSA) is 58.4 Å². The lowest BCUT2D eigenvalue weighted by Gasteiger charge is -2.40. The molecule has 1 fully saturated rings. The number of aromatic nitrogens is 2. The van der Waals surface area contributed by atoms with E-state index in [-0.39, 0.29) is 11.8 Å². The molecule has 1 aromatic carbocycles. The zero-order valence-electron chi connectivity index (χ0n) is 18.2. The maximum Gasteiger partial charge on any atom is 0.258 e. The Morgan fingerprint density at radius 2 is 2.06 bits per heavy atom. The van der Waals surface area contributed by atoms with Crippen molar-refractivity contribution in [2.24, 2.45) is 7.05 Å². The average molecular weight is 437 g/mol. The van der Waals surface area contributed by atoms with Gasteiger partial charge >= 0.3 is 0 Å². The molecule has 0 radical (unpaired) electrons. The summed E-state index contributed by atoms with van der Waals surface area (Å²) in [6.45, 7) is 5.79. The smallest absolute Gasteiger partial charge is 0.258 e. The first-order valence-corrected chi connectivity index (χ1v) is 11.6. The van der Waals surface area contributed by atoms with Crippen molar-refractivity contribution in [3.05, 3.63) is 64.8 Å². The normalized spacial score (nSPS) is 16.7. The lowest BCUT2D eigenvalue weighted by atomic mass is 9.98. The standard InChI is InChI=1S/C24H28N4O2S/c1-4-10-27-11-12-28(23(29)20-16-25-26(3)17(20)2)21(24(27)30)15-18-7-5-8-19(14-18)22-9-6-13-31-22/h5-9,13-14,16,21H,4,10-12,15H2,1-3H3/t21-/m1/s1. The van der Waals surface area contributed by atoms with Gasteiger partial charge in [-0.25, -0.2) is 0 Å². The van der Waals surface area contributed by atoms with Crippen molar-refractivity contribution in [2.75, 3.05) is 19.6 Å². The van der Waals surface area contributed by atoms with Crippen LogP contribution in [-0.4, -0.2) is 57.1 Å². The molecule has 2 amide bonds. The van der Waals surface area contributed by atoms with Gasteiger partial charge in [0.2, 0.25) is 5.91 Å². The monoisotopic (exact) mass is 436 g/mol. The van der Waals surface area contributed by atoms with Gasteiger partial charge in [0.25, 0.3) is 5.91 Å². The highest BCUT2D eigenvalue weighted by Gasteiger charge is 2.38. The van der Waals surface area contributed by atoms with E-state index in [1.807, 2.05) is 37.1 Å². The average Bonchev–Trinajstić information content (AvgIpc) is 3.42. The molecular formula is C24H28N4O2S. The van der Waals surface area contributed by atoms with Crippen molar-refractivity contribution in [3.63, 3.8) is 0 Å². The molecule has 1 aliphatic rings. The molecule has 1 aliphatic heterocycles. The summed E-state index contributed by atoms with van der Waals surface area (Å²) in [6, 6.07) is 11.9. The summed E-state index contributed by atoms with van der Waals surface area (Å²) >= 11 is 1.70. The maximum absolute atomic E-state index is 13.4. The predicted molar refractivity (Wildman–Crippen MR) is 123 cm³/mol. The number of hydrogen-bond donors (Lipinski definition) is 0. The highest BCUT2D eigenvalue weighted by Crippen LogP contribution is 2.27. The Morgan fingerprint density at radius 3 is 2.74 bits per heavy atom. The third kappa shape index (κ3) is 4.28. The van der Waals surface area contributed by atoms with Gasteiger partial charge in [-0.3, -0.25) is 14.3 Å². The lowest BCUT2D eigenvalue weighted by molar-refractivity contribution is -0.140. The number of rotatable bonds is 6. The van der Waals surface area contributed by atoms with E-state index in [2.05, 4.69) is 35.6 Å². The van der Waals surface area contributed by atoms with Crippen LogP contribution in [-0.2, 0) is 18.3 Å². The first-order valence-electron chi connectivity index (χ1n) is 10.7. The molecule has 7 heteroatoms. The van der Waals surface area contributed by atoms with E-state index in [0.717, 1.165) is 29.8 Å². The quantitative estimate of drug-likeness (QED) is 0.591. The molecule has 0 saturated carbocycles. The van der Waals surface area contributed by atoms with Gasteiger partial charge in [-0.05, 0) is 35.9 Å². The number of nitrogens with zero attached hydrogens (tertiary/aromatic N) is 4. The summed E-state index contributed by atoms with van der Waals surface area (Å²) in [6.07, 6.45) is 3.01. The van der Waals surface area contributed by atoms with Gasteiger partial charge in [-0.15, -0.1) is 11.3 Å². The predicted octanol–water partition coefficient (Wildman–Crippen LogP) is 3.76. The second kappa shape index (κ2) is 9.06. The van der Waals surface area contributed by atoms with E-state index in [1.165, 1.54) is 4.88 Å². The van der Waals surface area contributed by atoms with Gasteiger partial charge in [0.1, 0.15) is 6.04 Å². The van der Waals surface area contributed by atoms with Crippen LogP contribution in [0.15, 0.2) is 48.0 Å². The van der Waals surface area contributed by atoms with Crippen LogP contribution in [0.25, 0.3) is 10.4 Å². The fourth-order valence-electron chi connectivity index (χ4n) is 4.15. The molecule has 0 bridgehead atoms. The highest BCUT2D eigenvalue weighted by molar-refractivity contribution is 7.13. The Balaban J connectivity index is 1.64. The lowest BCUT2D eigenvalue weighted by Crippen LogP contribution is -2.59. The molecule has 31 heavy (non-hydrogen) atoms. The van der Waals surface area contributed by atoms with Crippen LogP contribution in [0.2, 0.25) is 0 Å². The largest absolute Gasteiger partial charge is 0.339 e. The van der Waals surface area contributed by atoms with Gasteiger partial charge < -0.3 is 9.80 Å². The maximum atomic E-state index is 13.4. The van der Waals surface area contributed by atoms with Crippen molar-refractivity contribution in [1.29, 1.82) is 0 Å². The number of amides is 2. The second-order valence-electron chi connectivity index (χ2n) is 7.99. The van der Waals surface area contributed by atoms with E-state index in [0.29, 0.717) is 25.1 Å². The number of hydrogen-bond acceptors (Lipinski definition) is 4. The fourth-order valence-corrected chi connectivity index (χ4v) is 4.88. The van der Waals surface area contributed by atoms with Gasteiger partial charge in [-0.1, -0.05) is 37.3 Å². The number of carbonyl (C=O) groups excluding carboxylic acids is 2. The van der Waals surface area contributed by atoms with Crippen molar-refractivity contribution in [1.82, 2.24) is 19.6 Å². The minimum Gasteiger partial charge on any atom is -0.339 e. The molecule has 0 spiro atoms. The van der Waals surface area contributed by atoms with Crippen LogP contribution < -0.4 is 0 Å². The van der Waals surface area contributed by atoms with Gasteiger partial charge in [-0.2, -0.15) is 5.10 Å². The van der Waals surface area contributed by atoms with Crippen LogP contribution >= 0.6 is 11.3 Å². The van der Waals surface area contributed by atoms with E-state index >= 15 is 0 Å². The van der Waals surface area contributed by atoms with Crippen molar-refractivity contribution >= 4 is 23.2 Å². The third-order valence-electron chi connectivity index (χ3n) is 5.97. The van der Waals surface area contributed by atoms with E-state index in [9.17, 15) is 9.59 Å². The zero-order chi connectivity index (χ0) is 22.0. The summed E-state index contributed by atoms with van der Waals surface area (Å²) in [5, 5.41) is 6.28. The Hall–Kier alpha value is -2.93. The van der Waals surface area contributed by atoms with E-state index in [4.69, 9.17) is 0 Å². The number of carbonyl (C=O) groups is 2. The molecule has 2 aromatic heterocycles. The molecular weight excluding hydrogens is 408 g/mol. The Morgan fingerprint density at radius 1 is 1.23 bits per heavy atom. The molecule has 1 saturated heterocycles. The molecule has 0 unspecified atom stereocenters. The molecule has 1 atom stereocenters. The summed E-state index contributed by atoms with van der Waals surface area (Å²) in [5.41, 5.74) is 3.58. The summed E-state index contributed by atoms with van der Waals surface area (Å²) in [5.74, 6) is -0.0842. The first-order chi connectivity index (χ1) is 15.0. The van der Waals surface area contributed by atoms with Crippen LogP contribution in [0.3, 0.4) is 0 Å². The zero-order valence-corrected chi connectivity index (χ0v) is 19.1. The number of benzene rings is 1. The SMILES string of the molecule is CCCN1CCN(C(=O)c2cnn(C)c2C)[C@H](Cc2cccc(-c3cccs3)c2)C1=O. The number of aryl methyl sites for hydroxylation is 1. The summed E-state index contributed by atoms with van der Waals surface area (Å²) in [4.78, 5) is 31.6. The Bertz CT molecular complexity index is 1070. The molecule has 162 valence electrons. The highest BCUT2D eigenvalue weighted by atomic mass is 32.1. The Labute approximate surface area is 187 Å². The van der Waals surface area contributed by atoms with Crippen LogP contribution in [0, 0.1) is 6.92 Å². The minimum atomic E-state index is -0.508. The molecule has 6 nitrogen and oxygen atoms in total. The van der Waals surface area contributed by atoms with Crippen molar-refractivity contribution in [2.45, 2.75) is 32.7 Å². The molecule has 0 aliphatic carbocycles. The van der Waals surface area contributed by atoms with Crippen LogP contribution in [0.5, 0.6) is 0 Å². The first kappa shape index (κ1) is 21.3. The Kier molecular flexibility index (Phi) is 6.23. The van der Waals surface area contributed by atoms with Crippen LogP contribution in [0.4, 0.5) is 0 Å². The molecule has 3 aromatic rings. The fraction of sp³-hybridized carbons (Fsp3) is 0.375. The summed E-state index contributed by atoms with van der Waals surface area (Å²) in [7, 11) is 1.82. The van der Waals surface area contributed by atoms with E-state index in [1.54, 1.807) is 27.1 Å². The number of piperazine rings is 1. The van der Waals surface area contributed by atoms with E-state index < -0.39 is 6.04 Å². The van der Waals surface area contributed by atoms with Crippen molar-refractivity contribution in [3.8, 4) is 10.4 Å². The summed E-state index contributed by atoms with van der Waals surface area (Å²) < 4.78 is 1.70. The van der Waals surface area contributed by atoms with Gasteiger partial charge in [0.15, 0.2) is 0 Å². The molecule has 3 heterocycles. The third-order valence-corrected chi connectivity index (χ3v) is 6.88. The van der Waals surface area contributed by atoms with Gasteiger partial charge in [0, 0.05) is 43.7 Å². The number of thiophene rings is 1. The van der Waals surface area contributed by atoms with Crippen molar-refractivity contribution < 1.29 is 9.59 Å². The molecule has 0 N–H and O–H groups in total.